The maximum absolute atomic E-state index is 11.1. The molecule has 6 heteroatoms. The van der Waals surface area contributed by atoms with Crippen molar-refractivity contribution in [2.45, 2.75) is 12.7 Å². The van der Waals surface area contributed by atoms with E-state index in [1.807, 2.05) is 0 Å². The number of carbonyl (C=O) groups is 1. The Morgan fingerprint density at radius 1 is 1.50 bits per heavy atom. The molecule has 1 aliphatic heterocycles. The normalized spacial score (nSPS) is 17.9. The zero-order valence-electron chi connectivity index (χ0n) is 8.29. The highest BCUT2D eigenvalue weighted by molar-refractivity contribution is 5.76. The van der Waals surface area contributed by atoms with Gasteiger partial charge in [-0.25, -0.2) is 4.79 Å². The number of nitro benzene ring substituents is 1. The van der Waals surface area contributed by atoms with E-state index in [-0.39, 0.29) is 12.3 Å². The Morgan fingerprint density at radius 3 is 2.62 bits per heavy atom. The average molecular weight is 225 g/mol. The summed E-state index contributed by atoms with van der Waals surface area (Å²) in [5.41, 5.74) is 0.722. The summed E-state index contributed by atoms with van der Waals surface area (Å²) in [7, 11) is 0. The summed E-state index contributed by atoms with van der Waals surface area (Å²) in [4.78, 5) is 21.0. The van der Waals surface area contributed by atoms with Crippen molar-refractivity contribution in [2.75, 3.05) is 6.61 Å². The molecule has 0 radical (unpaired) electrons. The minimum Gasteiger partial charge on any atom is -0.459 e. The predicted molar refractivity (Wildman–Crippen MR) is 52.6 cm³/mol. The number of benzene rings is 1. The topological polar surface area (TPSA) is 82.0 Å². The molecule has 1 aromatic carbocycles. The van der Waals surface area contributed by atoms with Crippen molar-refractivity contribution < 1.29 is 19.2 Å². The van der Waals surface area contributed by atoms with Crippen LogP contribution in [0.15, 0.2) is 24.3 Å². The van der Waals surface area contributed by atoms with E-state index in [0.29, 0.717) is 12.2 Å². The Morgan fingerprint density at radius 2 is 2.12 bits per heavy atom. The highest BCUT2D eigenvalue weighted by Crippen LogP contribution is 2.15. The van der Waals surface area contributed by atoms with E-state index in [1.54, 1.807) is 12.1 Å². The van der Waals surface area contributed by atoms with Crippen molar-refractivity contribution in [1.29, 1.82) is 0 Å². The van der Waals surface area contributed by atoms with Gasteiger partial charge in [0.25, 0.3) is 5.69 Å². The van der Waals surface area contributed by atoms with E-state index < -0.39 is 17.0 Å². The molecule has 1 atom stereocenters. The Bertz CT molecular complexity index is 410. The van der Waals surface area contributed by atoms with E-state index >= 15 is 0 Å². The van der Waals surface area contributed by atoms with Crippen LogP contribution in [0.4, 0.5) is 5.69 Å². The number of carbonyl (C=O) groups excluding carboxylic acids is 1. The number of epoxide rings is 1. The van der Waals surface area contributed by atoms with Gasteiger partial charge < -0.3 is 9.47 Å². The molecular formula is C10H9NO5. The van der Waals surface area contributed by atoms with Crippen LogP contribution in [0.25, 0.3) is 0 Å². The second kappa shape index (κ2) is 4.28. The maximum Gasteiger partial charge on any atom is 0.338 e. The third-order valence-corrected chi connectivity index (χ3v) is 2.12. The fraction of sp³-hybridized carbons (Fsp3) is 0.300. The number of hydrogen-bond acceptors (Lipinski definition) is 5. The third-order valence-electron chi connectivity index (χ3n) is 2.12. The first kappa shape index (κ1) is 10.6. The van der Waals surface area contributed by atoms with Crippen LogP contribution >= 0.6 is 0 Å². The largest absolute Gasteiger partial charge is 0.459 e. The minimum atomic E-state index is -0.478. The van der Waals surface area contributed by atoms with Gasteiger partial charge in [-0.15, -0.1) is 0 Å². The van der Waals surface area contributed by atoms with E-state index in [1.165, 1.54) is 12.1 Å². The molecule has 0 amide bonds. The summed E-state index contributed by atoms with van der Waals surface area (Å²) in [5, 5.41) is 10.4. The standard InChI is InChI=1S/C10H9NO5/c12-10(9-6-15-9)16-5-7-1-3-8(4-2-7)11(13)14/h1-4,9H,5-6H2/i9+1,10+1. The molecule has 84 valence electrons. The first-order chi connectivity index (χ1) is 7.66. The molecular weight excluding hydrogens is 216 g/mol. The molecule has 1 fully saturated rings. The van der Waals surface area contributed by atoms with Gasteiger partial charge in [0.05, 0.1) is 11.5 Å². The van der Waals surface area contributed by atoms with Gasteiger partial charge in [0.15, 0.2) is 6.10 Å². The zero-order valence-corrected chi connectivity index (χ0v) is 8.29. The fourth-order valence-corrected chi connectivity index (χ4v) is 1.15. The van der Waals surface area contributed by atoms with Crippen molar-refractivity contribution in [3.8, 4) is 0 Å². The number of nitrogens with zero attached hydrogens (tertiary/aromatic N) is 1. The monoisotopic (exact) mass is 225 g/mol. The van der Waals surface area contributed by atoms with Crippen LogP contribution in [-0.2, 0) is 20.9 Å². The minimum absolute atomic E-state index is 0.0144. The first-order valence-corrected chi connectivity index (χ1v) is 4.68. The van der Waals surface area contributed by atoms with Gasteiger partial charge >= 0.3 is 5.97 Å². The molecule has 2 rings (SSSR count). The zero-order chi connectivity index (χ0) is 11.5. The molecule has 1 aromatic rings. The van der Waals surface area contributed by atoms with Gasteiger partial charge in [-0.05, 0) is 17.7 Å². The van der Waals surface area contributed by atoms with Crippen LogP contribution < -0.4 is 0 Å². The lowest BCUT2D eigenvalue weighted by Gasteiger charge is -2.02. The van der Waals surface area contributed by atoms with Crippen LogP contribution in [0.1, 0.15) is 5.56 Å². The molecule has 0 spiro atoms. The van der Waals surface area contributed by atoms with Crippen LogP contribution in [-0.4, -0.2) is 23.6 Å². The second-order valence-corrected chi connectivity index (χ2v) is 3.35. The van der Waals surface area contributed by atoms with Crippen molar-refractivity contribution in [1.82, 2.24) is 0 Å². The van der Waals surface area contributed by atoms with Crippen LogP contribution in [0.3, 0.4) is 0 Å². The van der Waals surface area contributed by atoms with Crippen molar-refractivity contribution >= 4 is 11.7 Å². The average Bonchev–Trinajstić information content (AvgIpc) is 3.10. The van der Waals surface area contributed by atoms with Gasteiger partial charge in [-0.3, -0.25) is 10.1 Å². The van der Waals surface area contributed by atoms with Gasteiger partial charge in [0, 0.05) is 12.1 Å². The molecule has 0 N–H and O–H groups in total. The molecule has 0 bridgehead atoms. The first-order valence-electron chi connectivity index (χ1n) is 4.68. The van der Waals surface area contributed by atoms with Crippen LogP contribution in [0.2, 0.25) is 0 Å². The lowest BCUT2D eigenvalue weighted by Crippen LogP contribution is -2.11. The summed E-state index contributed by atoms with van der Waals surface area (Å²) in [6.45, 7) is 0.524. The highest BCUT2D eigenvalue weighted by Gasteiger charge is 2.32. The number of rotatable bonds is 4. The Labute approximate surface area is 90.9 Å². The van der Waals surface area contributed by atoms with Crippen molar-refractivity contribution in [2.24, 2.45) is 0 Å². The molecule has 0 aliphatic carbocycles. The Hall–Kier alpha value is -1.95. The lowest BCUT2D eigenvalue weighted by molar-refractivity contribution is -0.384. The summed E-state index contributed by atoms with van der Waals surface area (Å²) >= 11 is 0. The lowest BCUT2D eigenvalue weighted by atomic mass is 10.2. The SMILES string of the molecule is O=[13C](OCc1ccc([N+](=O)[O-])cc1)[13CH]1CO1. The van der Waals surface area contributed by atoms with E-state index in [9.17, 15) is 14.9 Å². The number of hydrogen-bond donors (Lipinski definition) is 0. The smallest absolute Gasteiger partial charge is 0.338 e. The van der Waals surface area contributed by atoms with Gasteiger partial charge in [-0.1, -0.05) is 0 Å². The molecule has 1 heterocycles. The predicted octanol–water partition coefficient (Wildman–Crippen LogP) is 1.04. The van der Waals surface area contributed by atoms with Crippen LogP contribution in [0, 0.1) is 10.1 Å². The number of esters is 1. The summed E-state index contributed by atoms with van der Waals surface area (Å²) in [5.74, 6) is -0.390. The summed E-state index contributed by atoms with van der Waals surface area (Å²) < 4.78 is 9.66. The second-order valence-electron chi connectivity index (χ2n) is 3.35. The molecule has 1 unspecified atom stereocenters. The van der Waals surface area contributed by atoms with Gasteiger partial charge in [0.1, 0.15) is 6.61 Å². The quantitative estimate of drug-likeness (QED) is 0.251. The van der Waals surface area contributed by atoms with Crippen LogP contribution in [0.5, 0.6) is 0 Å². The summed E-state index contributed by atoms with van der Waals surface area (Å²) in [6, 6.07) is 5.85. The highest BCUT2D eigenvalue weighted by atomic mass is 16.8. The Balaban J connectivity index is 1.89. The van der Waals surface area contributed by atoms with E-state index in [2.05, 4.69) is 0 Å². The van der Waals surface area contributed by atoms with Gasteiger partial charge in [0.2, 0.25) is 0 Å². The van der Waals surface area contributed by atoms with Gasteiger partial charge in [-0.2, -0.15) is 0 Å². The molecule has 6 nitrogen and oxygen atoms in total. The molecule has 1 saturated heterocycles. The maximum atomic E-state index is 11.1. The van der Waals surface area contributed by atoms with Crippen molar-refractivity contribution in [3.63, 3.8) is 0 Å². The number of ether oxygens (including phenoxy) is 2. The number of nitro groups is 1. The molecule has 0 aromatic heterocycles. The number of non-ortho nitro benzene ring substituents is 1. The molecule has 1 aliphatic rings. The Kier molecular flexibility index (Phi) is 2.82. The van der Waals surface area contributed by atoms with E-state index in [0.717, 1.165) is 0 Å². The molecule has 0 saturated carbocycles. The van der Waals surface area contributed by atoms with Crippen molar-refractivity contribution in [3.05, 3.63) is 39.9 Å². The van der Waals surface area contributed by atoms with E-state index in [4.69, 9.17) is 9.47 Å². The third kappa shape index (κ3) is 2.54. The molecule has 16 heavy (non-hydrogen) atoms. The summed E-state index contributed by atoms with van der Waals surface area (Å²) in [6.07, 6.45) is -0.418. The fourth-order valence-electron chi connectivity index (χ4n) is 1.15.